The molecule has 2 N–H and O–H groups in total. The normalized spacial score (nSPS) is 30.3. The minimum absolute atomic E-state index is 0.0356. The predicted molar refractivity (Wildman–Crippen MR) is 96.5 cm³/mol. The molecule has 0 bridgehead atoms. The van der Waals surface area contributed by atoms with Gasteiger partial charge in [0.2, 0.25) is 5.91 Å². The van der Waals surface area contributed by atoms with E-state index in [1.165, 1.54) is 0 Å². The fourth-order valence-corrected chi connectivity index (χ4v) is 3.93. The molecular weight excluding hydrogens is 334 g/mol. The van der Waals surface area contributed by atoms with Gasteiger partial charge in [-0.15, -0.1) is 0 Å². The minimum atomic E-state index is -1.12. The molecule has 2 aliphatic rings. The van der Waals surface area contributed by atoms with Crippen LogP contribution in [0, 0.1) is 11.8 Å². The molecule has 2 saturated carbocycles. The molecule has 0 radical (unpaired) electrons. The van der Waals surface area contributed by atoms with Crippen LogP contribution in [0.15, 0.2) is 18.2 Å². The van der Waals surface area contributed by atoms with Crippen LogP contribution in [-0.4, -0.2) is 36.7 Å². The molecule has 0 aromatic heterocycles. The highest BCUT2D eigenvalue weighted by Crippen LogP contribution is 2.51. The summed E-state index contributed by atoms with van der Waals surface area (Å²) in [6.07, 6.45) is 3.33. The van der Waals surface area contributed by atoms with Gasteiger partial charge in [-0.1, -0.05) is 6.92 Å². The second-order valence-corrected chi connectivity index (χ2v) is 7.62. The first kappa shape index (κ1) is 18.5. The van der Waals surface area contributed by atoms with Gasteiger partial charge in [0, 0.05) is 17.4 Å². The van der Waals surface area contributed by atoms with E-state index in [4.69, 9.17) is 9.47 Å². The zero-order valence-corrected chi connectivity index (χ0v) is 15.6. The van der Waals surface area contributed by atoms with E-state index in [2.05, 4.69) is 12.2 Å². The molecule has 0 saturated heterocycles. The smallest absolute Gasteiger partial charge is 0.329 e. The summed E-state index contributed by atoms with van der Waals surface area (Å²) in [5, 5.41) is 12.6. The van der Waals surface area contributed by atoms with Gasteiger partial charge in [0.05, 0.1) is 14.2 Å². The van der Waals surface area contributed by atoms with Crippen molar-refractivity contribution in [1.82, 2.24) is 5.32 Å². The van der Waals surface area contributed by atoms with Crippen molar-refractivity contribution in [1.29, 1.82) is 0 Å². The van der Waals surface area contributed by atoms with Crippen LogP contribution in [0.2, 0.25) is 0 Å². The van der Waals surface area contributed by atoms with Crippen molar-refractivity contribution in [3.8, 4) is 11.5 Å². The SMILES string of the molecule is COc1ccc(OC)c(C2CC2C(=O)NC2(C(=O)O)CCC(C)CC2)c1. The van der Waals surface area contributed by atoms with Gasteiger partial charge in [-0.05, 0) is 56.2 Å². The van der Waals surface area contributed by atoms with Crippen LogP contribution in [0.4, 0.5) is 0 Å². The number of hydrogen-bond acceptors (Lipinski definition) is 4. The Morgan fingerprint density at radius 1 is 1.19 bits per heavy atom. The Hall–Kier alpha value is -2.24. The van der Waals surface area contributed by atoms with Crippen molar-refractivity contribution in [3.05, 3.63) is 23.8 Å². The van der Waals surface area contributed by atoms with Crippen molar-refractivity contribution in [3.63, 3.8) is 0 Å². The Kier molecular flexibility index (Phi) is 5.12. The van der Waals surface area contributed by atoms with Crippen LogP contribution in [0.1, 0.15) is 50.5 Å². The summed E-state index contributed by atoms with van der Waals surface area (Å²) in [6.45, 7) is 2.12. The van der Waals surface area contributed by atoms with E-state index in [9.17, 15) is 14.7 Å². The first-order chi connectivity index (χ1) is 12.4. The number of ether oxygens (including phenoxy) is 2. The minimum Gasteiger partial charge on any atom is -0.497 e. The monoisotopic (exact) mass is 361 g/mol. The van der Waals surface area contributed by atoms with Gasteiger partial charge in [0.1, 0.15) is 17.0 Å². The molecule has 2 aliphatic carbocycles. The number of carboxylic acid groups (broad SMARTS) is 1. The number of carbonyl (C=O) groups is 2. The van der Waals surface area contributed by atoms with Gasteiger partial charge in [-0.2, -0.15) is 0 Å². The van der Waals surface area contributed by atoms with Crippen molar-refractivity contribution < 1.29 is 24.2 Å². The Labute approximate surface area is 153 Å². The van der Waals surface area contributed by atoms with Crippen LogP contribution in [-0.2, 0) is 9.59 Å². The number of aliphatic carboxylic acids is 1. The quantitative estimate of drug-likeness (QED) is 0.814. The topological polar surface area (TPSA) is 84.9 Å². The number of methoxy groups -OCH3 is 2. The lowest BCUT2D eigenvalue weighted by Gasteiger charge is -2.36. The number of nitrogens with one attached hydrogen (secondary N) is 1. The average Bonchev–Trinajstić information content (AvgIpc) is 3.44. The molecule has 0 aliphatic heterocycles. The number of amides is 1. The zero-order chi connectivity index (χ0) is 18.9. The van der Waals surface area contributed by atoms with E-state index < -0.39 is 11.5 Å². The standard InChI is InChI=1S/C20H27NO5/c1-12-6-8-20(9-7-12,19(23)24)21-18(22)16-11-14(16)15-10-13(25-2)4-5-17(15)26-3/h4-5,10,12,14,16H,6-9,11H2,1-3H3,(H,21,22)(H,23,24). The summed E-state index contributed by atoms with van der Waals surface area (Å²) in [5.41, 5.74) is -0.177. The summed E-state index contributed by atoms with van der Waals surface area (Å²) in [4.78, 5) is 24.6. The maximum Gasteiger partial charge on any atom is 0.329 e. The Bertz CT molecular complexity index is 693. The number of carboxylic acids is 1. The predicted octanol–water partition coefficient (Wildman–Crippen LogP) is 2.96. The molecule has 2 fully saturated rings. The highest BCUT2D eigenvalue weighted by atomic mass is 16.5. The van der Waals surface area contributed by atoms with Gasteiger partial charge in [-0.25, -0.2) is 4.79 Å². The summed E-state index contributed by atoms with van der Waals surface area (Å²) < 4.78 is 10.7. The fraction of sp³-hybridized carbons (Fsp3) is 0.600. The van der Waals surface area contributed by atoms with Crippen LogP contribution in [0.5, 0.6) is 11.5 Å². The molecule has 1 aromatic carbocycles. The maximum atomic E-state index is 12.8. The van der Waals surface area contributed by atoms with Crippen LogP contribution in [0.3, 0.4) is 0 Å². The van der Waals surface area contributed by atoms with Gasteiger partial charge in [0.25, 0.3) is 0 Å². The van der Waals surface area contributed by atoms with Crippen LogP contribution >= 0.6 is 0 Å². The molecule has 1 aromatic rings. The summed E-state index contributed by atoms with van der Waals surface area (Å²) in [5.74, 6) is 0.681. The second-order valence-electron chi connectivity index (χ2n) is 7.62. The van der Waals surface area contributed by atoms with Crippen LogP contribution < -0.4 is 14.8 Å². The van der Waals surface area contributed by atoms with E-state index in [1.807, 2.05) is 18.2 Å². The largest absolute Gasteiger partial charge is 0.497 e. The van der Waals surface area contributed by atoms with E-state index in [0.29, 0.717) is 25.2 Å². The van der Waals surface area contributed by atoms with Crippen molar-refractivity contribution >= 4 is 11.9 Å². The molecule has 2 unspecified atom stereocenters. The number of rotatable bonds is 6. The summed E-state index contributed by atoms with van der Waals surface area (Å²) in [7, 11) is 3.20. The maximum absolute atomic E-state index is 12.8. The Morgan fingerprint density at radius 3 is 2.46 bits per heavy atom. The summed E-state index contributed by atoms with van der Waals surface area (Å²) in [6, 6.07) is 5.55. The van der Waals surface area contributed by atoms with Gasteiger partial charge in [0.15, 0.2) is 0 Å². The molecule has 6 nitrogen and oxygen atoms in total. The Morgan fingerprint density at radius 2 is 1.88 bits per heavy atom. The summed E-state index contributed by atoms with van der Waals surface area (Å²) >= 11 is 0. The van der Waals surface area contributed by atoms with Gasteiger partial charge < -0.3 is 19.9 Å². The number of benzene rings is 1. The lowest BCUT2D eigenvalue weighted by atomic mass is 9.77. The van der Waals surface area contributed by atoms with Gasteiger partial charge >= 0.3 is 5.97 Å². The average molecular weight is 361 g/mol. The fourth-order valence-electron chi connectivity index (χ4n) is 3.93. The molecule has 6 heteroatoms. The highest BCUT2D eigenvalue weighted by Gasteiger charge is 2.50. The zero-order valence-electron chi connectivity index (χ0n) is 15.6. The molecule has 26 heavy (non-hydrogen) atoms. The molecule has 0 heterocycles. The molecule has 142 valence electrons. The second kappa shape index (κ2) is 7.17. The van der Waals surface area contributed by atoms with Crippen LogP contribution in [0.25, 0.3) is 0 Å². The third kappa shape index (κ3) is 3.50. The number of hydrogen-bond donors (Lipinski definition) is 2. The molecule has 3 rings (SSSR count). The van der Waals surface area contributed by atoms with E-state index in [1.54, 1.807) is 14.2 Å². The van der Waals surface area contributed by atoms with Gasteiger partial charge in [-0.3, -0.25) is 4.79 Å². The third-order valence-corrected chi connectivity index (χ3v) is 5.86. The first-order valence-electron chi connectivity index (χ1n) is 9.17. The lowest BCUT2D eigenvalue weighted by molar-refractivity contribution is -0.150. The lowest BCUT2D eigenvalue weighted by Crippen LogP contribution is -2.56. The number of carbonyl (C=O) groups excluding carboxylic acids is 1. The van der Waals surface area contributed by atoms with E-state index >= 15 is 0 Å². The van der Waals surface area contributed by atoms with E-state index in [0.717, 1.165) is 29.9 Å². The molecular formula is C20H27NO5. The van der Waals surface area contributed by atoms with Crippen molar-refractivity contribution in [2.75, 3.05) is 14.2 Å². The Balaban J connectivity index is 1.72. The molecule has 0 spiro atoms. The third-order valence-electron chi connectivity index (χ3n) is 5.86. The molecule has 1 amide bonds. The van der Waals surface area contributed by atoms with E-state index in [-0.39, 0.29) is 17.7 Å². The molecule has 2 atom stereocenters. The highest BCUT2D eigenvalue weighted by molar-refractivity contribution is 5.90. The van der Waals surface area contributed by atoms with Crippen molar-refractivity contribution in [2.24, 2.45) is 11.8 Å². The van der Waals surface area contributed by atoms with Crippen molar-refractivity contribution in [2.45, 2.75) is 50.5 Å². The first-order valence-corrected chi connectivity index (χ1v) is 9.17.